The smallest absolute Gasteiger partial charge is 0.349 e. The average Bonchev–Trinajstić information content (AvgIpc) is 2.98. The number of thiazole rings is 1. The van der Waals surface area contributed by atoms with E-state index in [1.165, 1.54) is 16.2 Å². The maximum atomic E-state index is 11.2. The molecule has 2 aromatic rings. The highest BCUT2D eigenvalue weighted by molar-refractivity contribution is 7.14. The van der Waals surface area contributed by atoms with E-state index in [1.807, 2.05) is 18.5 Å². The summed E-state index contributed by atoms with van der Waals surface area (Å²) >= 11 is 2.91. The molecule has 0 aliphatic carbocycles. The van der Waals surface area contributed by atoms with Crippen LogP contribution in [0.5, 0.6) is 5.75 Å². The van der Waals surface area contributed by atoms with Gasteiger partial charge in [0.25, 0.3) is 0 Å². The maximum Gasteiger partial charge on any atom is 0.349 e. The average molecular weight is 311 g/mol. The number of carboxylic acids is 1. The van der Waals surface area contributed by atoms with Crippen LogP contribution in [0.4, 0.5) is 0 Å². The minimum Gasteiger partial charge on any atom is -0.491 e. The number of hydrogen-bond donors (Lipinski definition) is 1. The molecule has 2 heterocycles. The van der Waals surface area contributed by atoms with Gasteiger partial charge in [-0.2, -0.15) is 0 Å². The summed E-state index contributed by atoms with van der Waals surface area (Å²) in [4.78, 5) is 17.9. The fraction of sp³-hybridized carbons (Fsp3) is 0.429. The highest BCUT2D eigenvalue weighted by Crippen LogP contribution is 2.30. The second-order valence-corrected chi connectivity index (χ2v) is 6.50. The third-order valence-electron chi connectivity index (χ3n) is 2.87. The van der Waals surface area contributed by atoms with Gasteiger partial charge in [0.05, 0.1) is 17.8 Å². The SMILES string of the molecule is CCCc1cc(OCCc2scnc2C)c(C(=O)O)s1. The van der Waals surface area contributed by atoms with Crippen LogP contribution in [0.2, 0.25) is 0 Å². The molecule has 0 bridgehead atoms. The second-order valence-electron chi connectivity index (χ2n) is 4.42. The first-order valence-corrected chi connectivity index (χ1v) is 8.19. The van der Waals surface area contributed by atoms with Gasteiger partial charge in [-0.1, -0.05) is 13.3 Å². The van der Waals surface area contributed by atoms with Crippen molar-refractivity contribution in [3.05, 3.63) is 31.9 Å². The molecule has 0 aliphatic rings. The first-order chi connectivity index (χ1) is 9.61. The Bertz CT molecular complexity index is 589. The molecule has 1 N–H and O–H groups in total. The van der Waals surface area contributed by atoms with Gasteiger partial charge in [0.2, 0.25) is 0 Å². The Morgan fingerprint density at radius 3 is 2.85 bits per heavy atom. The Morgan fingerprint density at radius 2 is 2.25 bits per heavy atom. The number of aryl methyl sites for hydroxylation is 2. The van der Waals surface area contributed by atoms with Gasteiger partial charge in [-0.15, -0.1) is 22.7 Å². The highest BCUT2D eigenvalue weighted by atomic mass is 32.1. The van der Waals surface area contributed by atoms with Gasteiger partial charge in [0.1, 0.15) is 5.75 Å². The predicted molar refractivity (Wildman–Crippen MR) is 81.3 cm³/mol. The minimum absolute atomic E-state index is 0.300. The van der Waals surface area contributed by atoms with E-state index < -0.39 is 5.97 Å². The molecule has 0 aromatic carbocycles. The Hall–Kier alpha value is -1.40. The van der Waals surface area contributed by atoms with Crippen LogP contribution >= 0.6 is 22.7 Å². The zero-order valence-corrected chi connectivity index (χ0v) is 13.1. The van der Waals surface area contributed by atoms with Crippen LogP contribution in [0.25, 0.3) is 0 Å². The van der Waals surface area contributed by atoms with Crippen LogP contribution in [0.1, 0.15) is 38.5 Å². The minimum atomic E-state index is -0.915. The van der Waals surface area contributed by atoms with E-state index in [-0.39, 0.29) is 0 Å². The molecule has 108 valence electrons. The zero-order valence-electron chi connectivity index (χ0n) is 11.5. The summed E-state index contributed by atoms with van der Waals surface area (Å²) in [5.41, 5.74) is 2.84. The van der Waals surface area contributed by atoms with Crippen molar-refractivity contribution < 1.29 is 14.6 Å². The third-order valence-corrected chi connectivity index (χ3v) is 5.03. The lowest BCUT2D eigenvalue weighted by atomic mass is 10.3. The molecule has 0 unspecified atom stereocenters. The van der Waals surface area contributed by atoms with Crippen LogP contribution in [0.3, 0.4) is 0 Å². The van der Waals surface area contributed by atoms with Crippen LogP contribution in [0, 0.1) is 6.92 Å². The van der Waals surface area contributed by atoms with Gasteiger partial charge < -0.3 is 9.84 Å². The van der Waals surface area contributed by atoms with Crippen LogP contribution in [0.15, 0.2) is 11.6 Å². The molecule has 6 heteroatoms. The van der Waals surface area contributed by atoms with Crippen molar-refractivity contribution in [2.45, 2.75) is 33.1 Å². The Kier molecular flexibility index (Phi) is 5.14. The van der Waals surface area contributed by atoms with Crippen molar-refractivity contribution in [1.29, 1.82) is 0 Å². The summed E-state index contributed by atoms with van der Waals surface area (Å²) in [5, 5.41) is 9.20. The fourth-order valence-electron chi connectivity index (χ4n) is 1.87. The zero-order chi connectivity index (χ0) is 14.5. The van der Waals surface area contributed by atoms with Crippen molar-refractivity contribution in [3.8, 4) is 5.75 Å². The Balaban J connectivity index is 2.01. The third kappa shape index (κ3) is 3.58. The number of hydrogen-bond acceptors (Lipinski definition) is 5. The standard InChI is InChI=1S/C14H17NO3S2/c1-3-4-10-7-11(13(20-10)14(16)17)18-6-5-12-9(2)15-8-19-12/h7-8H,3-6H2,1-2H3,(H,16,17). The highest BCUT2D eigenvalue weighted by Gasteiger charge is 2.16. The molecule has 0 spiro atoms. The number of aromatic carboxylic acids is 1. The van der Waals surface area contributed by atoms with Gasteiger partial charge in [-0.05, 0) is 19.4 Å². The van der Waals surface area contributed by atoms with Crippen molar-refractivity contribution in [3.63, 3.8) is 0 Å². The molecule has 2 rings (SSSR count). The van der Waals surface area contributed by atoms with Crippen LogP contribution in [-0.4, -0.2) is 22.7 Å². The first kappa shape index (κ1) is 15.0. The van der Waals surface area contributed by atoms with Gasteiger partial charge in [-0.25, -0.2) is 9.78 Å². The molecule has 4 nitrogen and oxygen atoms in total. The molecule has 0 saturated carbocycles. The lowest BCUT2D eigenvalue weighted by Crippen LogP contribution is -2.04. The lowest BCUT2D eigenvalue weighted by molar-refractivity contribution is 0.0698. The van der Waals surface area contributed by atoms with Gasteiger partial charge in [0, 0.05) is 16.2 Å². The van der Waals surface area contributed by atoms with Crippen LogP contribution in [-0.2, 0) is 12.8 Å². The van der Waals surface area contributed by atoms with E-state index in [2.05, 4.69) is 11.9 Å². The van der Waals surface area contributed by atoms with Gasteiger partial charge in [0.15, 0.2) is 4.88 Å². The summed E-state index contributed by atoms with van der Waals surface area (Å²) < 4.78 is 5.66. The number of carboxylic acid groups (broad SMARTS) is 1. The summed E-state index contributed by atoms with van der Waals surface area (Å²) in [6.45, 7) is 4.53. The van der Waals surface area contributed by atoms with E-state index in [4.69, 9.17) is 4.74 Å². The largest absolute Gasteiger partial charge is 0.491 e. The number of nitrogens with zero attached hydrogens (tertiary/aromatic N) is 1. The van der Waals surface area contributed by atoms with Crippen molar-refractivity contribution in [1.82, 2.24) is 4.98 Å². The molecule has 0 saturated heterocycles. The number of rotatable bonds is 7. The quantitative estimate of drug-likeness (QED) is 0.845. The topological polar surface area (TPSA) is 59.4 Å². The second kappa shape index (κ2) is 6.85. The normalized spacial score (nSPS) is 10.7. The summed E-state index contributed by atoms with van der Waals surface area (Å²) in [7, 11) is 0. The molecule has 0 radical (unpaired) electrons. The molecule has 20 heavy (non-hydrogen) atoms. The van der Waals surface area contributed by atoms with Crippen molar-refractivity contribution >= 4 is 28.6 Å². The molecule has 0 amide bonds. The number of ether oxygens (including phenoxy) is 1. The van der Waals surface area contributed by atoms with E-state index >= 15 is 0 Å². The molecule has 0 atom stereocenters. The van der Waals surface area contributed by atoms with E-state index in [1.54, 1.807) is 11.3 Å². The predicted octanol–water partition coefficient (Wildman–Crippen LogP) is 3.79. The number of carbonyl (C=O) groups is 1. The first-order valence-electron chi connectivity index (χ1n) is 6.49. The number of aromatic nitrogens is 1. The molecule has 0 fully saturated rings. The molecule has 2 aromatic heterocycles. The van der Waals surface area contributed by atoms with Crippen LogP contribution < -0.4 is 4.74 Å². The Morgan fingerprint density at radius 1 is 1.45 bits per heavy atom. The summed E-state index contributed by atoms with van der Waals surface area (Å²) in [5.74, 6) is -0.422. The summed E-state index contributed by atoms with van der Waals surface area (Å²) in [6, 6.07) is 1.86. The van der Waals surface area contributed by atoms with Crippen molar-refractivity contribution in [2.75, 3.05) is 6.61 Å². The molecular weight excluding hydrogens is 294 g/mol. The Labute approximate surface area is 126 Å². The molecular formula is C14H17NO3S2. The van der Waals surface area contributed by atoms with Crippen molar-refractivity contribution in [2.24, 2.45) is 0 Å². The van der Waals surface area contributed by atoms with Gasteiger partial charge in [-0.3, -0.25) is 0 Å². The molecule has 0 aliphatic heterocycles. The van der Waals surface area contributed by atoms with Gasteiger partial charge >= 0.3 is 5.97 Å². The van der Waals surface area contributed by atoms with E-state index in [9.17, 15) is 9.90 Å². The van der Waals surface area contributed by atoms with E-state index in [0.29, 0.717) is 17.2 Å². The fourth-order valence-corrected chi connectivity index (χ4v) is 3.67. The lowest BCUT2D eigenvalue weighted by Gasteiger charge is -2.04. The monoisotopic (exact) mass is 311 g/mol. The van der Waals surface area contributed by atoms with E-state index in [0.717, 1.165) is 29.8 Å². The number of thiophene rings is 1. The summed E-state index contributed by atoms with van der Waals surface area (Å²) in [6.07, 6.45) is 2.65. The maximum absolute atomic E-state index is 11.2.